The van der Waals surface area contributed by atoms with E-state index in [1.165, 1.54) is 6.07 Å². The van der Waals surface area contributed by atoms with Crippen LogP contribution in [0, 0.1) is 5.82 Å². The molecule has 0 aliphatic carbocycles. The molecule has 2 nitrogen and oxygen atoms in total. The van der Waals surface area contributed by atoms with Gasteiger partial charge < -0.3 is 11.1 Å². The van der Waals surface area contributed by atoms with E-state index in [2.05, 4.69) is 5.32 Å². The average Bonchev–Trinajstić information content (AvgIpc) is 2.08. The number of halogens is 1. The number of benzene rings is 1. The molecule has 0 aliphatic rings. The predicted octanol–water partition coefficient (Wildman–Crippen LogP) is 1.69. The fraction of sp³-hybridized carbons (Fsp3) is 0.333. The fourth-order valence-corrected chi connectivity index (χ4v) is 1.05. The van der Waals surface area contributed by atoms with Gasteiger partial charge in [-0.1, -0.05) is 0 Å². The van der Waals surface area contributed by atoms with E-state index in [9.17, 15) is 4.39 Å². The third-order valence-corrected chi connectivity index (χ3v) is 1.92. The van der Waals surface area contributed by atoms with Crippen molar-refractivity contribution in [2.24, 2.45) is 0 Å². The molecule has 0 radical (unpaired) electrons. The minimum absolute atomic E-state index is 0.00602. The van der Waals surface area contributed by atoms with Gasteiger partial charge in [-0.15, -0.1) is 0 Å². The van der Waals surface area contributed by atoms with Gasteiger partial charge in [-0.05, 0) is 32.2 Å². The van der Waals surface area contributed by atoms with E-state index in [-0.39, 0.29) is 11.9 Å². The molecule has 0 saturated heterocycles. The minimum atomic E-state index is -0.217. The molecule has 0 bridgehead atoms. The first-order valence-electron chi connectivity index (χ1n) is 3.87. The molecule has 3 heteroatoms. The zero-order chi connectivity index (χ0) is 9.14. The van der Waals surface area contributed by atoms with Crippen molar-refractivity contribution >= 4 is 5.69 Å². The van der Waals surface area contributed by atoms with Crippen molar-refractivity contribution in [3.63, 3.8) is 0 Å². The van der Waals surface area contributed by atoms with Gasteiger partial charge in [0.1, 0.15) is 5.82 Å². The lowest BCUT2D eigenvalue weighted by molar-refractivity contribution is 0.562. The van der Waals surface area contributed by atoms with Crippen LogP contribution in [0.2, 0.25) is 0 Å². The van der Waals surface area contributed by atoms with Crippen LogP contribution in [0.15, 0.2) is 18.2 Å². The Bertz CT molecular complexity index is 273. The summed E-state index contributed by atoms with van der Waals surface area (Å²) in [7, 11) is 1.79. The lowest BCUT2D eigenvalue weighted by Crippen LogP contribution is -2.14. The molecule has 0 unspecified atom stereocenters. The quantitative estimate of drug-likeness (QED) is 0.659. The van der Waals surface area contributed by atoms with Gasteiger partial charge in [-0.25, -0.2) is 4.39 Å². The fourth-order valence-electron chi connectivity index (χ4n) is 1.05. The number of hydrogen-bond acceptors (Lipinski definition) is 2. The molecule has 3 N–H and O–H groups in total. The van der Waals surface area contributed by atoms with Crippen molar-refractivity contribution < 1.29 is 4.39 Å². The third kappa shape index (κ3) is 1.74. The summed E-state index contributed by atoms with van der Waals surface area (Å²) in [6, 6.07) is 4.59. The highest BCUT2D eigenvalue weighted by atomic mass is 19.1. The van der Waals surface area contributed by atoms with Crippen LogP contribution < -0.4 is 11.1 Å². The van der Waals surface area contributed by atoms with Crippen LogP contribution in [0.4, 0.5) is 10.1 Å². The van der Waals surface area contributed by atoms with Crippen LogP contribution in [0.3, 0.4) is 0 Å². The zero-order valence-corrected chi connectivity index (χ0v) is 7.26. The molecule has 0 aromatic heterocycles. The molecule has 1 aromatic carbocycles. The molecule has 66 valence electrons. The summed E-state index contributed by atoms with van der Waals surface area (Å²) in [5.74, 6) is -0.217. The van der Waals surface area contributed by atoms with Gasteiger partial charge in [0, 0.05) is 17.3 Å². The smallest absolute Gasteiger partial charge is 0.128 e. The maximum absolute atomic E-state index is 13.1. The van der Waals surface area contributed by atoms with Crippen LogP contribution in [0.25, 0.3) is 0 Å². The molecule has 0 heterocycles. The van der Waals surface area contributed by atoms with Crippen molar-refractivity contribution in [1.82, 2.24) is 5.32 Å². The van der Waals surface area contributed by atoms with E-state index in [4.69, 9.17) is 5.73 Å². The number of hydrogen-bond donors (Lipinski definition) is 2. The monoisotopic (exact) mass is 168 g/mol. The molecule has 12 heavy (non-hydrogen) atoms. The van der Waals surface area contributed by atoms with Crippen molar-refractivity contribution in [2.45, 2.75) is 13.0 Å². The number of nitrogen functional groups attached to an aromatic ring is 1. The van der Waals surface area contributed by atoms with Crippen LogP contribution in [0.5, 0.6) is 0 Å². The van der Waals surface area contributed by atoms with Gasteiger partial charge in [-0.3, -0.25) is 0 Å². The zero-order valence-electron chi connectivity index (χ0n) is 7.26. The van der Waals surface area contributed by atoms with Crippen molar-refractivity contribution in [3.05, 3.63) is 29.6 Å². The Morgan fingerprint density at radius 1 is 1.50 bits per heavy atom. The van der Waals surface area contributed by atoms with E-state index in [1.807, 2.05) is 6.92 Å². The summed E-state index contributed by atoms with van der Waals surface area (Å²) >= 11 is 0. The van der Waals surface area contributed by atoms with Gasteiger partial charge >= 0.3 is 0 Å². The summed E-state index contributed by atoms with van der Waals surface area (Å²) in [6.07, 6.45) is 0. The number of nitrogens with one attached hydrogen (secondary N) is 1. The molecule has 0 amide bonds. The topological polar surface area (TPSA) is 38.0 Å². The van der Waals surface area contributed by atoms with Crippen LogP contribution in [0.1, 0.15) is 18.5 Å². The lowest BCUT2D eigenvalue weighted by atomic mass is 10.1. The first-order chi connectivity index (χ1) is 5.65. The van der Waals surface area contributed by atoms with Crippen molar-refractivity contribution in [2.75, 3.05) is 12.8 Å². The summed E-state index contributed by atoms with van der Waals surface area (Å²) < 4.78 is 13.1. The molecule has 0 fully saturated rings. The highest BCUT2D eigenvalue weighted by Gasteiger charge is 2.08. The second-order valence-electron chi connectivity index (χ2n) is 2.79. The first-order valence-corrected chi connectivity index (χ1v) is 3.87. The Morgan fingerprint density at radius 2 is 2.17 bits per heavy atom. The Morgan fingerprint density at radius 3 is 2.75 bits per heavy atom. The van der Waals surface area contributed by atoms with Crippen molar-refractivity contribution in [1.29, 1.82) is 0 Å². The standard InChI is InChI=1S/C9H13FN2/c1-6(12-2)8-5-7(11)3-4-9(8)10/h3-6,12H,11H2,1-2H3/t6-/m1/s1. The van der Waals surface area contributed by atoms with Gasteiger partial charge in [0.15, 0.2) is 0 Å². The number of nitrogens with two attached hydrogens (primary N) is 1. The first kappa shape index (κ1) is 9.00. The Balaban J connectivity index is 3.04. The average molecular weight is 168 g/mol. The highest BCUT2D eigenvalue weighted by molar-refractivity contribution is 5.42. The maximum atomic E-state index is 13.1. The Labute approximate surface area is 71.6 Å². The second-order valence-corrected chi connectivity index (χ2v) is 2.79. The third-order valence-electron chi connectivity index (χ3n) is 1.92. The second kappa shape index (κ2) is 3.54. The maximum Gasteiger partial charge on any atom is 0.128 e. The van der Waals surface area contributed by atoms with Crippen LogP contribution in [-0.2, 0) is 0 Å². The summed E-state index contributed by atoms with van der Waals surface area (Å²) in [6.45, 7) is 1.89. The van der Waals surface area contributed by atoms with Gasteiger partial charge in [0.05, 0.1) is 0 Å². The molecule has 0 spiro atoms. The lowest BCUT2D eigenvalue weighted by Gasteiger charge is -2.11. The summed E-state index contributed by atoms with van der Waals surface area (Å²) in [4.78, 5) is 0. The number of anilines is 1. The molecular weight excluding hydrogens is 155 g/mol. The van der Waals surface area contributed by atoms with E-state index in [1.54, 1.807) is 19.2 Å². The van der Waals surface area contributed by atoms with Crippen LogP contribution in [-0.4, -0.2) is 7.05 Å². The summed E-state index contributed by atoms with van der Waals surface area (Å²) in [5, 5.41) is 2.95. The van der Waals surface area contributed by atoms with E-state index in [0.29, 0.717) is 11.3 Å². The molecular formula is C9H13FN2. The molecule has 1 aromatic rings. The minimum Gasteiger partial charge on any atom is -0.399 e. The van der Waals surface area contributed by atoms with Gasteiger partial charge in [0.25, 0.3) is 0 Å². The molecule has 0 aliphatic heterocycles. The van der Waals surface area contributed by atoms with Gasteiger partial charge in [-0.2, -0.15) is 0 Å². The summed E-state index contributed by atoms with van der Waals surface area (Å²) in [5.41, 5.74) is 6.73. The van der Waals surface area contributed by atoms with Crippen molar-refractivity contribution in [3.8, 4) is 0 Å². The number of rotatable bonds is 2. The van der Waals surface area contributed by atoms with E-state index >= 15 is 0 Å². The highest BCUT2D eigenvalue weighted by Crippen LogP contribution is 2.18. The Kier molecular flexibility index (Phi) is 2.65. The molecule has 1 atom stereocenters. The Hall–Kier alpha value is -1.09. The molecule has 0 saturated carbocycles. The normalized spacial score (nSPS) is 12.9. The van der Waals surface area contributed by atoms with E-state index in [0.717, 1.165) is 0 Å². The van der Waals surface area contributed by atoms with Gasteiger partial charge in [0.2, 0.25) is 0 Å². The predicted molar refractivity (Wildman–Crippen MR) is 48.3 cm³/mol. The largest absolute Gasteiger partial charge is 0.399 e. The van der Waals surface area contributed by atoms with E-state index < -0.39 is 0 Å². The SMILES string of the molecule is CN[C@H](C)c1cc(N)ccc1F. The molecule has 1 rings (SSSR count). The van der Waals surface area contributed by atoms with Crippen LogP contribution >= 0.6 is 0 Å².